The van der Waals surface area contributed by atoms with Crippen molar-refractivity contribution >= 4 is 42.0 Å². The van der Waals surface area contributed by atoms with E-state index in [0.717, 1.165) is 41.7 Å². The summed E-state index contributed by atoms with van der Waals surface area (Å²) in [7, 11) is 2.32. The van der Waals surface area contributed by atoms with Gasteiger partial charge in [0.05, 0.1) is 32.2 Å². The number of rotatable bonds is 13. The van der Waals surface area contributed by atoms with Gasteiger partial charge in [0, 0.05) is 40.7 Å². The minimum atomic E-state index is -2.47. The number of nitrogens with one attached hydrogen (secondary N) is 1. The first-order chi connectivity index (χ1) is 20.7. The quantitative estimate of drug-likeness (QED) is 0.179. The Morgan fingerprint density at radius 1 is 0.977 bits per heavy atom. The van der Waals surface area contributed by atoms with Crippen molar-refractivity contribution in [2.45, 2.75) is 77.3 Å². The molecule has 0 aliphatic carbocycles. The molecule has 0 saturated carbocycles. The number of carbonyl (C=O) groups excluding carboxylic acids is 7. The molecule has 16 heteroatoms. The molecular formula is C28H35NO15. The van der Waals surface area contributed by atoms with Crippen molar-refractivity contribution in [2.75, 3.05) is 20.8 Å². The van der Waals surface area contributed by atoms with Crippen LogP contribution in [0, 0.1) is 0 Å². The first-order valence-corrected chi connectivity index (χ1v) is 13.2. The Hall–Kier alpha value is -4.73. The summed E-state index contributed by atoms with van der Waals surface area (Å²) < 4.78 is 43.7. The summed E-state index contributed by atoms with van der Waals surface area (Å²) in [6, 6.07) is 2.58. The third kappa shape index (κ3) is 9.39. The number of methoxy groups -OCH3 is 2. The summed E-state index contributed by atoms with van der Waals surface area (Å²) in [5.74, 6) is -7.66. The predicted molar refractivity (Wildman–Crippen MR) is 144 cm³/mol. The van der Waals surface area contributed by atoms with Gasteiger partial charge in [-0.3, -0.25) is 28.8 Å². The van der Waals surface area contributed by atoms with E-state index in [1.54, 1.807) is 0 Å². The van der Waals surface area contributed by atoms with Crippen molar-refractivity contribution < 1.29 is 71.5 Å². The van der Waals surface area contributed by atoms with Crippen molar-refractivity contribution in [1.82, 2.24) is 5.32 Å². The van der Waals surface area contributed by atoms with Gasteiger partial charge in [0.1, 0.15) is 30.3 Å². The fraction of sp³-hybridized carbons (Fsp3) is 0.536. The zero-order chi connectivity index (χ0) is 33.2. The molecular weight excluding hydrogens is 590 g/mol. The van der Waals surface area contributed by atoms with Gasteiger partial charge < -0.3 is 43.2 Å². The number of esters is 5. The number of aldehydes is 1. The summed E-state index contributed by atoms with van der Waals surface area (Å²) in [5.41, 5.74) is 0.155. The van der Waals surface area contributed by atoms with Crippen molar-refractivity contribution in [3.05, 3.63) is 23.8 Å². The molecule has 6 atom stereocenters. The molecule has 2 rings (SSSR count). The molecule has 242 valence electrons. The van der Waals surface area contributed by atoms with Gasteiger partial charge in [0.15, 0.2) is 18.5 Å². The Balaban J connectivity index is 2.82. The molecule has 16 nitrogen and oxygen atoms in total. The molecule has 0 aromatic heterocycles. The molecule has 1 aliphatic rings. The van der Waals surface area contributed by atoms with E-state index < -0.39 is 85.0 Å². The summed E-state index contributed by atoms with van der Waals surface area (Å²) >= 11 is 0. The average molecular weight is 626 g/mol. The lowest BCUT2D eigenvalue weighted by Gasteiger charge is -2.48. The van der Waals surface area contributed by atoms with Gasteiger partial charge in [0.25, 0.3) is 0 Å². The highest BCUT2D eigenvalue weighted by molar-refractivity contribution is 5.81. The number of hydrogen-bond acceptors (Lipinski definition) is 15. The van der Waals surface area contributed by atoms with Crippen LogP contribution in [0.15, 0.2) is 18.2 Å². The summed E-state index contributed by atoms with van der Waals surface area (Å²) in [6.45, 7) is 4.72. The SMILES string of the molecule is COC(=O)[C@@]1(Oc2ccc(C=O)c(OC)c2)C[C@H](OC(C)=O)[C@@H](NC(C)=O)[C@H]([C@H](OC(C)=O)[C@@H](COC(C)=O)OC(C)=O)O1. The molecule has 1 aromatic rings. The first-order valence-electron chi connectivity index (χ1n) is 13.2. The van der Waals surface area contributed by atoms with E-state index in [9.17, 15) is 33.6 Å². The van der Waals surface area contributed by atoms with Crippen LogP contribution in [0.4, 0.5) is 0 Å². The largest absolute Gasteiger partial charge is 0.496 e. The van der Waals surface area contributed by atoms with Crippen molar-refractivity contribution in [3.63, 3.8) is 0 Å². The van der Waals surface area contributed by atoms with Crippen molar-refractivity contribution in [2.24, 2.45) is 0 Å². The molecule has 44 heavy (non-hydrogen) atoms. The van der Waals surface area contributed by atoms with E-state index in [1.165, 1.54) is 25.3 Å². The summed E-state index contributed by atoms with van der Waals surface area (Å²) in [4.78, 5) is 85.4. The Morgan fingerprint density at radius 2 is 1.64 bits per heavy atom. The monoisotopic (exact) mass is 625 g/mol. The van der Waals surface area contributed by atoms with Crippen molar-refractivity contribution in [1.29, 1.82) is 0 Å². The lowest BCUT2D eigenvalue weighted by molar-refractivity contribution is -0.289. The maximum atomic E-state index is 13.4. The third-order valence-electron chi connectivity index (χ3n) is 6.11. The van der Waals surface area contributed by atoms with Gasteiger partial charge in [-0.1, -0.05) is 0 Å². The second-order valence-electron chi connectivity index (χ2n) is 9.55. The van der Waals surface area contributed by atoms with Crippen LogP contribution in [-0.4, -0.2) is 99.1 Å². The number of carbonyl (C=O) groups is 7. The zero-order valence-electron chi connectivity index (χ0n) is 25.2. The standard InChI is InChI=1S/C28H35NO15/c1-14(31)29-24-22(40-16(3)33)11-28(27(36)38-7,43-20-9-8-19(12-30)21(10-20)37-6)44-26(24)25(42-18(5)35)23(41-17(4)34)13-39-15(2)32/h8-10,12,22-26H,11,13H2,1-7H3,(H,29,31)/t22-,23+,24+,25+,26+,28+/m0/s1. The van der Waals surface area contributed by atoms with E-state index in [0.29, 0.717) is 6.29 Å². The summed E-state index contributed by atoms with van der Waals surface area (Å²) in [6.07, 6.45) is -6.40. The highest BCUT2D eigenvalue weighted by Crippen LogP contribution is 2.38. The normalized spacial score (nSPS) is 22.2. The molecule has 0 radical (unpaired) electrons. The zero-order valence-corrected chi connectivity index (χ0v) is 25.2. The Bertz CT molecular complexity index is 1260. The van der Waals surface area contributed by atoms with Crippen LogP contribution >= 0.6 is 0 Å². The van der Waals surface area contributed by atoms with E-state index in [4.69, 9.17) is 37.9 Å². The van der Waals surface area contributed by atoms with Crippen LogP contribution in [0.1, 0.15) is 51.4 Å². The van der Waals surface area contributed by atoms with Gasteiger partial charge in [0.2, 0.25) is 5.91 Å². The van der Waals surface area contributed by atoms with Gasteiger partial charge in [-0.25, -0.2) is 4.79 Å². The Morgan fingerprint density at radius 3 is 2.14 bits per heavy atom. The molecule has 1 saturated heterocycles. The van der Waals surface area contributed by atoms with Crippen LogP contribution in [0.2, 0.25) is 0 Å². The van der Waals surface area contributed by atoms with Crippen LogP contribution in [0.3, 0.4) is 0 Å². The molecule has 1 fully saturated rings. The van der Waals surface area contributed by atoms with Crippen LogP contribution in [0.25, 0.3) is 0 Å². The van der Waals surface area contributed by atoms with Gasteiger partial charge in [-0.05, 0) is 12.1 Å². The molecule has 0 spiro atoms. The van der Waals surface area contributed by atoms with E-state index in [2.05, 4.69) is 5.32 Å². The smallest absolute Gasteiger partial charge is 0.379 e. The average Bonchev–Trinajstić information content (AvgIpc) is 2.93. The topological polar surface area (TPSA) is 205 Å². The molecule has 0 bridgehead atoms. The van der Waals surface area contributed by atoms with Crippen LogP contribution in [-0.2, 0) is 57.2 Å². The fourth-order valence-electron chi connectivity index (χ4n) is 4.55. The minimum Gasteiger partial charge on any atom is -0.496 e. The molecule has 1 N–H and O–H groups in total. The second-order valence-corrected chi connectivity index (χ2v) is 9.55. The molecule has 1 aromatic carbocycles. The fourth-order valence-corrected chi connectivity index (χ4v) is 4.55. The molecule has 1 amide bonds. The maximum absolute atomic E-state index is 13.4. The van der Waals surface area contributed by atoms with Crippen molar-refractivity contribution in [3.8, 4) is 11.5 Å². The Labute approximate surface area is 252 Å². The lowest BCUT2D eigenvalue weighted by atomic mass is 9.88. The highest BCUT2D eigenvalue weighted by Gasteiger charge is 2.60. The highest BCUT2D eigenvalue weighted by atomic mass is 16.7. The third-order valence-corrected chi connectivity index (χ3v) is 6.11. The Kier molecular flexibility index (Phi) is 12.6. The maximum Gasteiger partial charge on any atom is 0.379 e. The molecule has 0 unspecified atom stereocenters. The second kappa shape index (κ2) is 15.7. The van der Waals surface area contributed by atoms with E-state index >= 15 is 0 Å². The van der Waals surface area contributed by atoms with Gasteiger partial charge >= 0.3 is 35.6 Å². The van der Waals surface area contributed by atoms with Crippen LogP contribution < -0.4 is 14.8 Å². The van der Waals surface area contributed by atoms with Gasteiger partial charge in [-0.2, -0.15) is 0 Å². The van der Waals surface area contributed by atoms with E-state index in [-0.39, 0.29) is 17.1 Å². The molecule has 1 aliphatic heterocycles. The summed E-state index contributed by atoms with van der Waals surface area (Å²) in [5, 5.41) is 2.56. The molecule has 1 heterocycles. The lowest BCUT2D eigenvalue weighted by Crippen LogP contribution is -2.70. The number of benzene rings is 1. The van der Waals surface area contributed by atoms with Crippen LogP contribution in [0.5, 0.6) is 11.5 Å². The van der Waals surface area contributed by atoms with E-state index in [1.807, 2.05) is 0 Å². The predicted octanol–water partition coefficient (Wildman–Crippen LogP) is 0.408. The number of amides is 1. The first kappa shape index (κ1) is 35.5. The number of hydrogen-bond donors (Lipinski definition) is 1. The number of ether oxygens (including phenoxy) is 8. The minimum absolute atomic E-state index is 0.0726. The van der Waals surface area contributed by atoms with Gasteiger partial charge in [-0.15, -0.1) is 0 Å².